The van der Waals surface area contributed by atoms with Crippen molar-refractivity contribution in [3.8, 4) is 0 Å². The molecule has 0 fully saturated rings. The lowest BCUT2D eigenvalue weighted by molar-refractivity contribution is 0.649. The van der Waals surface area contributed by atoms with Crippen LogP contribution in [0.1, 0.15) is 18.5 Å². The lowest BCUT2D eigenvalue weighted by atomic mass is 10.1. The van der Waals surface area contributed by atoms with Crippen LogP contribution in [-0.4, -0.2) is 26.6 Å². The van der Waals surface area contributed by atoms with E-state index in [-0.39, 0.29) is 0 Å². The molecule has 0 aliphatic heterocycles. The maximum atomic E-state index is 4.39. The summed E-state index contributed by atoms with van der Waals surface area (Å²) < 4.78 is 1.96. The van der Waals surface area contributed by atoms with Gasteiger partial charge in [0.1, 0.15) is 5.03 Å². The molecule has 3 aromatic heterocycles. The van der Waals surface area contributed by atoms with Crippen LogP contribution in [0.15, 0.2) is 52.9 Å². The van der Waals surface area contributed by atoms with Gasteiger partial charge in [-0.15, -0.1) is 10.2 Å². The van der Waals surface area contributed by atoms with Gasteiger partial charge in [0.05, 0.1) is 0 Å². The summed E-state index contributed by atoms with van der Waals surface area (Å²) in [4.78, 5) is 4.39. The minimum atomic E-state index is 0.299. The average molecular weight is 285 g/mol. The zero-order chi connectivity index (χ0) is 13.9. The first kappa shape index (κ1) is 13.1. The Balaban J connectivity index is 1.91. The Morgan fingerprint density at radius 1 is 1.25 bits per heavy atom. The van der Waals surface area contributed by atoms with Crippen molar-refractivity contribution >= 4 is 17.4 Å². The first-order chi connectivity index (χ1) is 9.78. The summed E-state index contributed by atoms with van der Waals surface area (Å²) in [6, 6.07) is 10.2. The molecule has 0 aliphatic rings. The van der Waals surface area contributed by atoms with Gasteiger partial charge in [0.15, 0.2) is 5.65 Å². The fraction of sp³-hybridized carbons (Fsp3) is 0.214. The molecule has 1 unspecified atom stereocenters. The van der Waals surface area contributed by atoms with Crippen molar-refractivity contribution in [3.05, 3.63) is 48.3 Å². The lowest BCUT2D eigenvalue weighted by Gasteiger charge is -2.10. The molecule has 20 heavy (non-hydrogen) atoms. The Hall–Kier alpha value is -1.92. The van der Waals surface area contributed by atoms with Crippen LogP contribution in [0.3, 0.4) is 0 Å². The zero-order valence-corrected chi connectivity index (χ0v) is 12.1. The number of aromatic nitrogens is 4. The molecule has 0 saturated heterocycles. The van der Waals surface area contributed by atoms with E-state index in [0.717, 1.165) is 15.8 Å². The molecule has 0 radical (unpaired) electrons. The number of rotatable bonds is 4. The minimum Gasteiger partial charge on any atom is -0.313 e. The van der Waals surface area contributed by atoms with Gasteiger partial charge in [-0.2, -0.15) is 0 Å². The second-order valence-corrected chi connectivity index (χ2v) is 5.44. The van der Waals surface area contributed by atoms with Gasteiger partial charge in [-0.25, -0.2) is 4.98 Å². The van der Waals surface area contributed by atoms with Crippen molar-refractivity contribution in [2.45, 2.75) is 23.1 Å². The molecule has 5 nitrogen and oxygen atoms in total. The van der Waals surface area contributed by atoms with Crippen LogP contribution in [-0.2, 0) is 0 Å². The van der Waals surface area contributed by atoms with E-state index in [1.807, 2.05) is 48.1 Å². The fourth-order valence-electron chi connectivity index (χ4n) is 1.90. The van der Waals surface area contributed by atoms with Crippen LogP contribution in [0.5, 0.6) is 0 Å². The van der Waals surface area contributed by atoms with Crippen LogP contribution >= 0.6 is 11.8 Å². The third kappa shape index (κ3) is 2.52. The predicted octanol–water partition coefficient (Wildman–Crippen LogP) is 2.56. The van der Waals surface area contributed by atoms with Crippen molar-refractivity contribution in [1.82, 2.24) is 24.9 Å². The summed E-state index contributed by atoms with van der Waals surface area (Å²) in [6.45, 7) is 2.12. The number of nitrogens with zero attached hydrogens (tertiary/aromatic N) is 4. The molecule has 3 aromatic rings. The van der Waals surface area contributed by atoms with Gasteiger partial charge in [-0.3, -0.25) is 4.40 Å². The van der Waals surface area contributed by atoms with Gasteiger partial charge in [0, 0.05) is 18.4 Å². The third-order valence-corrected chi connectivity index (χ3v) is 4.06. The molecule has 0 bridgehead atoms. The number of pyridine rings is 2. The van der Waals surface area contributed by atoms with Crippen LogP contribution in [0, 0.1) is 0 Å². The van der Waals surface area contributed by atoms with E-state index in [1.54, 1.807) is 0 Å². The number of nitrogens with one attached hydrogen (secondary N) is 1. The Morgan fingerprint density at radius 2 is 2.15 bits per heavy atom. The summed E-state index contributed by atoms with van der Waals surface area (Å²) in [5.74, 6) is 0. The summed E-state index contributed by atoms with van der Waals surface area (Å²) in [7, 11) is 1.95. The summed E-state index contributed by atoms with van der Waals surface area (Å²) in [5.41, 5.74) is 2.05. The van der Waals surface area contributed by atoms with Crippen LogP contribution in [0.2, 0.25) is 0 Å². The highest BCUT2D eigenvalue weighted by atomic mass is 32.2. The van der Waals surface area contributed by atoms with Gasteiger partial charge in [-0.1, -0.05) is 6.07 Å². The maximum Gasteiger partial charge on any atom is 0.201 e. The molecule has 0 amide bonds. The van der Waals surface area contributed by atoms with E-state index in [4.69, 9.17) is 0 Å². The van der Waals surface area contributed by atoms with E-state index in [1.165, 1.54) is 17.3 Å². The van der Waals surface area contributed by atoms with Gasteiger partial charge in [0.2, 0.25) is 5.16 Å². The van der Waals surface area contributed by atoms with E-state index in [0.29, 0.717) is 6.04 Å². The molecule has 1 N–H and O–H groups in total. The maximum absolute atomic E-state index is 4.39. The van der Waals surface area contributed by atoms with Crippen molar-refractivity contribution in [2.75, 3.05) is 7.05 Å². The molecule has 3 heterocycles. The quantitative estimate of drug-likeness (QED) is 0.798. The summed E-state index contributed by atoms with van der Waals surface area (Å²) in [6.07, 6.45) is 3.78. The minimum absolute atomic E-state index is 0.299. The smallest absolute Gasteiger partial charge is 0.201 e. The van der Waals surface area contributed by atoms with Crippen molar-refractivity contribution in [3.63, 3.8) is 0 Å². The van der Waals surface area contributed by atoms with Gasteiger partial charge in [-0.05, 0) is 55.6 Å². The molecule has 0 saturated carbocycles. The standard InChI is InChI=1S/C14H15N5S/c1-10(15-2)11-6-7-16-13(9-11)20-14-18-17-12-5-3-4-8-19(12)14/h3-10,15H,1-2H3. The molecular weight excluding hydrogens is 270 g/mol. The van der Waals surface area contributed by atoms with E-state index >= 15 is 0 Å². The zero-order valence-electron chi connectivity index (χ0n) is 11.3. The Bertz CT molecular complexity index is 724. The number of fused-ring (bicyclic) bond motifs is 1. The SMILES string of the molecule is CNC(C)c1ccnc(Sc2nnc3ccccn23)c1. The van der Waals surface area contributed by atoms with Gasteiger partial charge < -0.3 is 5.32 Å². The Labute approximate surface area is 121 Å². The largest absolute Gasteiger partial charge is 0.313 e. The highest BCUT2D eigenvalue weighted by Crippen LogP contribution is 2.26. The molecular formula is C14H15N5S. The van der Waals surface area contributed by atoms with Crippen LogP contribution in [0.4, 0.5) is 0 Å². The van der Waals surface area contributed by atoms with Crippen molar-refractivity contribution < 1.29 is 0 Å². The third-order valence-electron chi connectivity index (χ3n) is 3.17. The molecule has 0 aliphatic carbocycles. The van der Waals surface area contributed by atoms with Gasteiger partial charge >= 0.3 is 0 Å². The van der Waals surface area contributed by atoms with Crippen LogP contribution in [0.25, 0.3) is 5.65 Å². The topological polar surface area (TPSA) is 55.1 Å². The monoisotopic (exact) mass is 285 g/mol. The second-order valence-electron chi connectivity index (χ2n) is 4.45. The van der Waals surface area contributed by atoms with Crippen molar-refractivity contribution in [1.29, 1.82) is 0 Å². The molecule has 0 aromatic carbocycles. The summed E-state index contributed by atoms with van der Waals surface area (Å²) in [5, 5.41) is 13.3. The second kappa shape index (κ2) is 5.60. The van der Waals surface area contributed by atoms with Crippen LogP contribution < -0.4 is 5.32 Å². The first-order valence-corrected chi connectivity index (χ1v) is 7.20. The normalized spacial score (nSPS) is 12.7. The predicted molar refractivity (Wildman–Crippen MR) is 78.8 cm³/mol. The average Bonchev–Trinajstić information content (AvgIpc) is 2.90. The fourth-order valence-corrected chi connectivity index (χ4v) is 2.73. The highest BCUT2D eigenvalue weighted by Gasteiger charge is 2.09. The van der Waals surface area contributed by atoms with Gasteiger partial charge in [0.25, 0.3) is 0 Å². The summed E-state index contributed by atoms with van der Waals surface area (Å²) >= 11 is 1.52. The molecule has 1 atom stereocenters. The van der Waals surface area contributed by atoms with E-state index in [9.17, 15) is 0 Å². The first-order valence-electron chi connectivity index (χ1n) is 6.39. The van der Waals surface area contributed by atoms with E-state index in [2.05, 4.69) is 33.5 Å². The molecule has 6 heteroatoms. The highest BCUT2D eigenvalue weighted by molar-refractivity contribution is 7.99. The van der Waals surface area contributed by atoms with E-state index < -0.39 is 0 Å². The molecule has 3 rings (SSSR count). The Kier molecular flexibility index (Phi) is 3.66. The number of hydrogen-bond donors (Lipinski definition) is 1. The van der Waals surface area contributed by atoms with Crippen molar-refractivity contribution in [2.24, 2.45) is 0 Å². The Morgan fingerprint density at radius 3 is 3.00 bits per heavy atom. The number of hydrogen-bond acceptors (Lipinski definition) is 5. The lowest BCUT2D eigenvalue weighted by Crippen LogP contribution is -2.12. The molecule has 0 spiro atoms. The molecule has 102 valence electrons.